The summed E-state index contributed by atoms with van der Waals surface area (Å²) >= 11 is 7.52. The summed E-state index contributed by atoms with van der Waals surface area (Å²) in [7, 11) is 0. The Balaban J connectivity index is 1.52. The Hall–Kier alpha value is -0.910. The van der Waals surface area contributed by atoms with Crippen LogP contribution in [0.5, 0.6) is 0 Å². The summed E-state index contributed by atoms with van der Waals surface area (Å²) in [4.78, 5) is 1.19. The fourth-order valence-electron chi connectivity index (χ4n) is 1.99. The van der Waals surface area contributed by atoms with E-state index in [9.17, 15) is 5.11 Å². The lowest BCUT2D eigenvalue weighted by Crippen LogP contribution is -2.87. The molecule has 0 aliphatic heterocycles. The molecule has 0 bridgehead atoms. The van der Waals surface area contributed by atoms with Crippen LogP contribution in [0, 0.1) is 0 Å². The highest BCUT2D eigenvalue weighted by Gasteiger charge is 2.07. The predicted octanol–water partition coefficient (Wildman–Crippen LogP) is 2.09. The maximum Gasteiger partial charge on any atom is 0.126 e. The van der Waals surface area contributed by atoms with Crippen molar-refractivity contribution in [3.05, 3.63) is 57.2 Å². The molecule has 1 atom stereocenters. The second-order valence-electron chi connectivity index (χ2n) is 4.94. The van der Waals surface area contributed by atoms with Crippen LogP contribution >= 0.6 is 22.9 Å². The Labute approximate surface area is 134 Å². The molecule has 21 heavy (non-hydrogen) atoms. The number of thiophene rings is 1. The monoisotopic (exact) mass is 326 g/mol. The van der Waals surface area contributed by atoms with Gasteiger partial charge in [-0.05, 0) is 29.1 Å². The van der Waals surface area contributed by atoms with Gasteiger partial charge in [-0.3, -0.25) is 0 Å². The predicted molar refractivity (Wildman–Crippen MR) is 86.8 cm³/mol. The van der Waals surface area contributed by atoms with E-state index < -0.39 is 6.10 Å². The fourth-order valence-corrected chi connectivity index (χ4v) is 2.75. The van der Waals surface area contributed by atoms with Crippen molar-refractivity contribution in [2.24, 2.45) is 0 Å². The fraction of sp³-hybridized carbons (Fsp3) is 0.375. The molecule has 1 heterocycles. The first-order valence-corrected chi connectivity index (χ1v) is 8.34. The van der Waals surface area contributed by atoms with Crippen LogP contribution in [-0.4, -0.2) is 30.9 Å². The molecule has 3 N–H and O–H groups in total. The van der Waals surface area contributed by atoms with Crippen molar-refractivity contribution in [1.82, 2.24) is 0 Å². The van der Waals surface area contributed by atoms with E-state index in [0.29, 0.717) is 19.8 Å². The third-order valence-corrected chi connectivity index (χ3v) is 4.23. The molecule has 0 aliphatic rings. The number of quaternary nitrogens is 1. The largest absolute Gasteiger partial charge is 0.385 e. The van der Waals surface area contributed by atoms with Gasteiger partial charge in [-0.15, -0.1) is 11.3 Å². The maximum absolute atomic E-state index is 9.84. The topological polar surface area (TPSA) is 46.1 Å². The van der Waals surface area contributed by atoms with Gasteiger partial charge in [-0.2, -0.15) is 0 Å². The molecule has 0 fully saturated rings. The molecule has 0 aliphatic carbocycles. The lowest BCUT2D eigenvalue weighted by atomic mass is 10.1. The van der Waals surface area contributed by atoms with Gasteiger partial charge in [0.1, 0.15) is 12.6 Å². The van der Waals surface area contributed by atoms with Crippen LogP contribution in [0.3, 0.4) is 0 Å². The SMILES string of the molecule is O[C@@H](C[NH2+]CCc1ccc(Cl)cc1)COCc1cccs1. The molecular weight excluding hydrogens is 306 g/mol. The van der Waals surface area contributed by atoms with Gasteiger partial charge >= 0.3 is 0 Å². The summed E-state index contributed by atoms with van der Waals surface area (Å²) in [6.07, 6.45) is 0.551. The van der Waals surface area contributed by atoms with Crippen molar-refractivity contribution in [1.29, 1.82) is 0 Å². The van der Waals surface area contributed by atoms with Gasteiger partial charge < -0.3 is 15.2 Å². The number of ether oxygens (including phenoxy) is 1. The molecule has 1 aromatic carbocycles. The highest BCUT2D eigenvalue weighted by molar-refractivity contribution is 7.09. The van der Waals surface area contributed by atoms with E-state index in [0.717, 1.165) is 18.0 Å². The summed E-state index contributed by atoms with van der Waals surface area (Å²) in [6, 6.07) is 11.9. The quantitative estimate of drug-likeness (QED) is 0.693. The van der Waals surface area contributed by atoms with Crippen molar-refractivity contribution >= 4 is 22.9 Å². The summed E-state index contributed by atoms with van der Waals surface area (Å²) in [5.41, 5.74) is 1.26. The van der Waals surface area contributed by atoms with E-state index in [1.54, 1.807) is 11.3 Å². The van der Waals surface area contributed by atoms with Gasteiger partial charge in [0.15, 0.2) is 0 Å². The van der Waals surface area contributed by atoms with Crippen LogP contribution in [0.25, 0.3) is 0 Å². The van der Waals surface area contributed by atoms with Gasteiger partial charge in [0.2, 0.25) is 0 Å². The lowest BCUT2D eigenvalue weighted by Gasteiger charge is -2.10. The zero-order valence-electron chi connectivity index (χ0n) is 11.9. The van der Waals surface area contributed by atoms with Crippen molar-refractivity contribution in [2.75, 3.05) is 19.7 Å². The zero-order chi connectivity index (χ0) is 14.9. The number of rotatable bonds is 9. The number of benzene rings is 1. The molecule has 2 rings (SSSR count). The van der Waals surface area contributed by atoms with E-state index >= 15 is 0 Å². The molecule has 5 heteroatoms. The second-order valence-corrected chi connectivity index (χ2v) is 6.41. The van der Waals surface area contributed by atoms with Crippen LogP contribution in [0.4, 0.5) is 0 Å². The Kier molecular flexibility index (Phi) is 7.19. The first-order valence-electron chi connectivity index (χ1n) is 7.08. The minimum atomic E-state index is -0.421. The van der Waals surface area contributed by atoms with Gasteiger partial charge in [0.05, 0.1) is 19.8 Å². The molecule has 0 saturated carbocycles. The summed E-state index contributed by atoms with van der Waals surface area (Å²) in [5.74, 6) is 0. The van der Waals surface area contributed by atoms with Crippen LogP contribution in [0.15, 0.2) is 41.8 Å². The van der Waals surface area contributed by atoms with Crippen LogP contribution in [0.1, 0.15) is 10.4 Å². The highest BCUT2D eigenvalue weighted by Crippen LogP contribution is 2.10. The average molecular weight is 327 g/mol. The van der Waals surface area contributed by atoms with Gasteiger partial charge in [-0.25, -0.2) is 0 Å². The number of hydrogen-bond acceptors (Lipinski definition) is 3. The Morgan fingerprint density at radius 3 is 2.76 bits per heavy atom. The van der Waals surface area contributed by atoms with Gasteiger partial charge in [-0.1, -0.05) is 29.8 Å². The van der Waals surface area contributed by atoms with Crippen LogP contribution in [0.2, 0.25) is 5.02 Å². The smallest absolute Gasteiger partial charge is 0.126 e. The third-order valence-electron chi connectivity index (χ3n) is 3.12. The molecule has 1 aromatic heterocycles. The molecule has 2 aromatic rings. The molecule has 0 spiro atoms. The molecule has 0 saturated heterocycles. The number of halogens is 1. The maximum atomic E-state index is 9.84. The molecule has 0 unspecified atom stereocenters. The molecule has 3 nitrogen and oxygen atoms in total. The Morgan fingerprint density at radius 2 is 2.05 bits per heavy atom. The van der Waals surface area contributed by atoms with Gasteiger partial charge in [0, 0.05) is 16.3 Å². The number of aliphatic hydroxyl groups is 1. The van der Waals surface area contributed by atoms with E-state index in [1.165, 1.54) is 10.4 Å². The first kappa shape index (κ1) is 16.5. The molecule has 0 radical (unpaired) electrons. The third kappa shape index (κ3) is 6.59. The molecular formula is C16H21ClNO2S+. The van der Waals surface area contributed by atoms with E-state index in [-0.39, 0.29) is 0 Å². The van der Waals surface area contributed by atoms with Crippen molar-refractivity contribution in [3.63, 3.8) is 0 Å². The Bertz CT molecular complexity index is 502. The van der Waals surface area contributed by atoms with Crippen LogP contribution < -0.4 is 5.32 Å². The second kappa shape index (κ2) is 9.18. The summed E-state index contributed by atoms with van der Waals surface area (Å²) in [6.45, 7) is 2.58. The lowest BCUT2D eigenvalue weighted by molar-refractivity contribution is -0.660. The standard InChI is InChI=1S/C16H20ClNO2S/c17-14-5-3-13(4-6-14)7-8-18-10-15(19)11-20-12-16-2-1-9-21-16/h1-6,9,15,18-19H,7-8,10-12H2/p+1/t15-/m0/s1. The van der Waals surface area contributed by atoms with Crippen molar-refractivity contribution in [3.8, 4) is 0 Å². The zero-order valence-corrected chi connectivity index (χ0v) is 13.4. The first-order chi connectivity index (χ1) is 10.2. The van der Waals surface area contributed by atoms with Crippen molar-refractivity contribution < 1.29 is 15.2 Å². The Morgan fingerprint density at radius 1 is 1.24 bits per heavy atom. The van der Waals surface area contributed by atoms with E-state index in [4.69, 9.17) is 16.3 Å². The van der Waals surface area contributed by atoms with E-state index in [2.05, 4.69) is 5.32 Å². The van der Waals surface area contributed by atoms with Crippen molar-refractivity contribution in [2.45, 2.75) is 19.1 Å². The summed E-state index contributed by atoms with van der Waals surface area (Å²) in [5, 5.41) is 14.8. The minimum absolute atomic E-state index is 0.384. The van der Waals surface area contributed by atoms with Crippen LogP contribution in [-0.2, 0) is 17.8 Å². The van der Waals surface area contributed by atoms with E-state index in [1.807, 2.05) is 41.8 Å². The number of nitrogens with two attached hydrogens (primary N) is 1. The number of hydrogen-bond donors (Lipinski definition) is 2. The normalized spacial score (nSPS) is 12.5. The summed E-state index contributed by atoms with van der Waals surface area (Å²) < 4.78 is 5.49. The molecule has 0 amide bonds. The highest BCUT2D eigenvalue weighted by atomic mass is 35.5. The average Bonchev–Trinajstić information content (AvgIpc) is 2.99. The minimum Gasteiger partial charge on any atom is -0.385 e. The van der Waals surface area contributed by atoms with Gasteiger partial charge in [0.25, 0.3) is 0 Å². The molecule has 114 valence electrons. The number of aliphatic hydroxyl groups excluding tert-OH is 1.